The third-order valence-electron chi connectivity index (χ3n) is 5.33. The number of hydrazone groups is 1. The van der Waals surface area contributed by atoms with Crippen molar-refractivity contribution in [3.63, 3.8) is 0 Å². The van der Waals surface area contributed by atoms with Gasteiger partial charge in [0.15, 0.2) is 0 Å². The van der Waals surface area contributed by atoms with E-state index < -0.39 is 5.91 Å². The standard InChI is InChI=1S/C25H21N3O3/c1-17-14-18-12-13-25(28(2)24(29)21-10-6-7-11-22(21)30-25)31-23(18)19(15-17)16-26-27-20-8-4-3-5-9-20/h3-16,27H,1-2H3/b26-16-/t25-/m0/s1. The number of carbonyl (C=O) groups excluding carboxylic acids is 1. The number of rotatable bonds is 3. The smallest absolute Gasteiger partial charge is 0.362 e. The van der Waals surface area contributed by atoms with Crippen molar-refractivity contribution in [2.75, 3.05) is 12.5 Å². The highest BCUT2D eigenvalue weighted by molar-refractivity contribution is 5.98. The Balaban J connectivity index is 1.50. The molecule has 2 aliphatic rings. The zero-order valence-electron chi connectivity index (χ0n) is 17.2. The molecule has 2 aliphatic heterocycles. The maximum Gasteiger partial charge on any atom is 0.362 e. The Kier molecular flexibility index (Phi) is 4.47. The van der Waals surface area contributed by atoms with Gasteiger partial charge in [-0.1, -0.05) is 30.3 Å². The lowest BCUT2D eigenvalue weighted by molar-refractivity contribution is -0.166. The number of hydrogen-bond donors (Lipinski definition) is 1. The molecule has 1 spiro atoms. The maximum absolute atomic E-state index is 13.0. The van der Waals surface area contributed by atoms with Gasteiger partial charge in [-0.15, -0.1) is 0 Å². The molecule has 0 radical (unpaired) electrons. The Bertz CT molecular complexity index is 1220. The van der Waals surface area contributed by atoms with E-state index in [0.717, 1.165) is 22.4 Å². The van der Waals surface area contributed by atoms with Gasteiger partial charge in [-0.05, 0) is 55.0 Å². The molecule has 3 aromatic carbocycles. The predicted molar refractivity (Wildman–Crippen MR) is 120 cm³/mol. The van der Waals surface area contributed by atoms with Gasteiger partial charge in [0, 0.05) is 24.3 Å². The molecule has 6 nitrogen and oxygen atoms in total. The summed E-state index contributed by atoms with van der Waals surface area (Å²) >= 11 is 0. The van der Waals surface area contributed by atoms with Crippen molar-refractivity contribution in [3.05, 3.63) is 95.1 Å². The predicted octanol–water partition coefficient (Wildman–Crippen LogP) is 4.67. The first kappa shape index (κ1) is 18.9. The van der Waals surface area contributed by atoms with Crippen LogP contribution in [0.3, 0.4) is 0 Å². The Morgan fingerprint density at radius 3 is 2.65 bits per heavy atom. The van der Waals surface area contributed by atoms with E-state index in [0.29, 0.717) is 17.1 Å². The van der Waals surface area contributed by atoms with Crippen molar-refractivity contribution in [3.8, 4) is 11.5 Å². The van der Waals surface area contributed by atoms with Crippen LogP contribution in [0.2, 0.25) is 0 Å². The Labute approximate surface area is 180 Å². The number of ether oxygens (including phenoxy) is 2. The molecule has 31 heavy (non-hydrogen) atoms. The van der Waals surface area contributed by atoms with Gasteiger partial charge in [-0.2, -0.15) is 5.10 Å². The number of nitrogens with zero attached hydrogens (tertiary/aromatic N) is 2. The first-order valence-corrected chi connectivity index (χ1v) is 9.99. The zero-order valence-corrected chi connectivity index (χ0v) is 17.2. The highest BCUT2D eigenvalue weighted by Crippen LogP contribution is 2.41. The highest BCUT2D eigenvalue weighted by atomic mass is 16.7. The fraction of sp³-hybridized carbons (Fsp3) is 0.120. The van der Waals surface area contributed by atoms with Gasteiger partial charge in [0.1, 0.15) is 11.5 Å². The van der Waals surface area contributed by atoms with Gasteiger partial charge in [-0.3, -0.25) is 15.1 Å². The number of likely N-dealkylation sites (N-methyl/N-ethyl adjacent to an activating group) is 1. The van der Waals surface area contributed by atoms with Crippen molar-refractivity contribution in [1.29, 1.82) is 0 Å². The minimum Gasteiger partial charge on any atom is -0.431 e. The second-order valence-electron chi connectivity index (χ2n) is 7.54. The molecular formula is C25H21N3O3. The maximum atomic E-state index is 13.0. The molecular weight excluding hydrogens is 390 g/mol. The lowest BCUT2D eigenvalue weighted by Gasteiger charge is -2.44. The molecule has 0 saturated heterocycles. The van der Waals surface area contributed by atoms with E-state index in [2.05, 4.69) is 10.5 Å². The van der Waals surface area contributed by atoms with Crippen molar-refractivity contribution in [1.82, 2.24) is 4.90 Å². The topological polar surface area (TPSA) is 63.2 Å². The van der Waals surface area contributed by atoms with E-state index in [1.54, 1.807) is 31.5 Å². The average Bonchev–Trinajstić information content (AvgIpc) is 2.79. The summed E-state index contributed by atoms with van der Waals surface area (Å²) in [5, 5.41) is 4.36. The molecule has 1 amide bonds. The molecule has 0 aromatic heterocycles. The summed E-state index contributed by atoms with van der Waals surface area (Å²) in [6.45, 7) is 2.02. The monoisotopic (exact) mass is 411 g/mol. The Morgan fingerprint density at radius 2 is 1.81 bits per heavy atom. The second-order valence-corrected chi connectivity index (χ2v) is 7.54. The van der Waals surface area contributed by atoms with Gasteiger partial charge in [0.05, 0.1) is 17.5 Å². The van der Waals surface area contributed by atoms with E-state index >= 15 is 0 Å². The summed E-state index contributed by atoms with van der Waals surface area (Å²) in [7, 11) is 1.67. The highest BCUT2D eigenvalue weighted by Gasteiger charge is 2.47. The number of carbonyl (C=O) groups is 1. The molecule has 0 bridgehead atoms. The molecule has 2 heterocycles. The van der Waals surface area contributed by atoms with Gasteiger partial charge >= 0.3 is 5.91 Å². The first-order valence-electron chi connectivity index (χ1n) is 9.99. The molecule has 0 saturated carbocycles. The molecule has 0 aliphatic carbocycles. The molecule has 6 heteroatoms. The lowest BCUT2D eigenvalue weighted by Crippen LogP contribution is -2.60. The number of hydrogen-bond acceptors (Lipinski definition) is 5. The number of nitrogens with one attached hydrogen (secondary N) is 1. The third kappa shape index (κ3) is 3.32. The molecule has 1 N–H and O–H groups in total. The van der Waals surface area contributed by atoms with E-state index in [4.69, 9.17) is 9.47 Å². The fourth-order valence-electron chi connectivity index (χ4n) is 3.75. The van der Waals surface area contributed by atoms with Crippen molar-refractivity contribution < 1.29 is 14.3 Å². The van der Waals surface area contributed by atoms with Crippen LogP contribution in [0.4, 0.5) is 5.69 Å². The number of amides is 1. The quantitative estimate of drug-likeness (QED) is 0.503. The van der Waals surface area contributed by atoms with E-state index in [1.165, 1.54) is 4.90 Å². The van der Waals surface area contributed by atoms with Gasteiger partial charge < -0.3 is 9.47 Å². The third-order valence-corrected chi connectivity index (χ3v) is 5.33. The first-order chi connectivity index (χ1) is 15.1. The summed E-state index contributed by atoms with van der Waals surface area (Å²) in [5.41, 5.74) is 7.17. The summed E-state index contributed by atoms with van der Waals surface area (Å²) in [6, 6.07) is 20.9. The van der Waals surface area contributed by atoms with Gasteiger partial charge in [0.2, 0.25) is 0 Å². The number of aryl methyl sites for hydroxylation is 1. The number of para-hydroxylation sites is 2. The largest absolute Gasteiger partial charge is 0.431 e. The minimum absolute atomic E-state index is 0.164. The Hall–Kier alpha value is -4.06. The van der Waals surface area contributed by atoms with Crippen LogP contribution in [0, 0.1) is 6.92 Å². The SMILES string of the molecule is Cc1cc2c(c(/C=N\Nc3ccccc3)c1)O[C@]1(C=C2)Oc2ccccc2C(=O)N1C. The number of anilines is 1. The summed E-state index contributed by atoms with van der Waals surface area (Å²) in [4.78, 5) is 14.4. The van der Waals surface area contributed by atoms with Crippen LogP contribution in [0.25, 0.3) is 6.08 Å². The molecule has 3 aromatic rings. The van der Waals surface area contributed by atoms with Crippen LogP contribution in [0.1, 0.15) is 27.0 Å². The summed E-state index contributed by atoms with van der Waals surface area (Å²) in [6.07, 6.45) is 5.40. The number of benzene rings is 3. The van der Waals surface area contributed by atoms with Gasteiger partial charge in [-0.25, -0.2) is 0 Å². The molecule has 0 fully saturated rings. The van der Waals surface area contributed by atoms with Crippen LogP contribution >= 0.6 is 0 Å². The summed E-state index contributed by atoms with van der Waals surface area (Å²) in [5.74, 6) is -0.427. The molecule has 0 unspecified atom stereocenters. The molecule has 1 atom stereocenters. The number of fused-ring (bicyclic) bond motifs is 2. The van der Waals surface area contributed by atoms with Crippen molar-refractivity contribution in [2.45, 2.75) is 12.8 Å². The fourth-order valence-corrected chi connectivity index (χ4v) is 3.75. The van der Waals surface area contributed by atoms with Crippen LogP contribution < -0.4 is 14.9 Å². The van der Waals surface area contributed by atoms with Crippen molar-refractivity contribution in [2.24, 2.45) is 5.10 Å². The molecule has 154 valence electrons. The van der Waals surface area contributed by atoms with Crippen LogP contribution in [-0.4, -0.2) is 30.0 Å². The van der Waals surface area contributed by atoms with Crippen LogP contribution in [0.15, 0.2) is 77.9 Å². The van der Waals surface area contributed by atoms with E-state index in [-0.39, 0.29) is 5.91 Å². The Morgan fingerprint density at radius 1 is 1.03 bits per heavy atom. The lowest BCUT2D eigenvalue weighted by atomic mass is 10.0. The van der Waals surface area contributed by atoms with Crippen molar-refractivity contribution >= 4 is 23.9 Å². The van der Waals surface area contributed by atoms with Crippen LogP contribution in [0.5, 0.6) is 11.5 Å². The van der Waals surface area contributed by atoms with Crippen LogP contribution in [-0.2, 0) is 0 Å². The molecule has 5 rings (SSSR count). The summed E-state index contributed by atoms with van der Waals surface area (Å²) < 4.78 is 12.6. The minimum atomic E-state index is -1.36. The average molecular weight is 411 g/mol. The van der Waals surface area contributed by atoms with Gasteiger partial charge in [0.25, 0.3) is 5.91 Å². The normalized spacial score (nSPS) is 19.0. The second kappa shape index (κ2) is 7.32. The zero-order chi connectivity index (χ0) is 21.4. The van der Waals surface area contributed by atoms with E-state index in [9.17, 15) is 4.79 Å². The van der Waals surface area contributed by atoms with E-state index in [1.807, 2.05) is 67.6 Å².